The van der Waals surface area contributed by atoms with Crippen molar-refractivity contribution in [3.63, 3.8) is 0 Å². The molecule has 2 rings (SSSR count). The van der Waals surface area contributed by atoms with Crippen molar-refractivity contribution in [2.24, 2.45) is 11.3 Å². The van der Waals surface area contributed by atoms with Gasteiger partial charge in [0.2, 0.25) is 0 Å². The SMILES string of the molecule is C=C(C)[C@H]1CC[C@H](C(C)(C)C)O[C@@H]1/C=C/c1ccccc1. The Morgan fingerprint density at radius 2 is 1.86 bits per heavy atom. The van der Waals surface area contributed by atoms with E-state index in [1.54, 1.807) is 0 Å². The van der Waals surface area contributed by atoms with E-state index < -0.39 is 0 Å². The van der Waals surface area contributed by atoms with Gasteiger partial charge in [0.25, 0.3) is 0 Å². The van der Waals surface area contributed by atoms with Crippen LogP contribution in [0.4, 0.5) is 0 Å². The summed E-state index contributed by atoms with van der Waals surface area (Å²) in [5.74, 6) is 0.434. The van der Waals surface area contributed by atoms with Crippen LogP contribution in [0.5, 0.6) is 0 Å². The van der Waals surface area contributed by atoms with Gasteiger partial charge in [0.05, 0.1) is 12.2 Å². The average molecular weight is 284 g/mol. The molecule has 0 unspecified atom stereocenters. The highest BCUT2D eigenvalue weighted by molar-refractivity contribution is 5.49. The molecule has 114 valence electrons. The van der Waals surface area contributed by atoms with Crippen molar-refractivity contribution >= 4 is 6.08 Å². The van der Waals surface area contributed by atoms with Crippen LogP contribution in [0.15, 0.2) is 48.6 Å². The Balaban J connectivity index is 2.14. The molecular formula is C20H28O. The number of hydrogen-bond acceptors (Lipinski definition) is 1. The fourth-order valence-corrected chi connectivity index (χ4v) is 2.96. The van der Waals surface area contributed by atoms with Gasteiger partial charge in [-0.05, 0) is 30.7 Å². The minimum atomic E-state index is 0.140. The van der Waals surface area contributed by atoms with E-state index in [1.165, 1.54) is 17.6 Å². The largest absolute Gasteiger partial charge is 0.370 e. The van der Waals surface area contributed by atoms with Crippen LogP contribution in [0.25, 0.3) is 6.08 Å². The maximum absolute atomic E-state index is 6.40. The Morgan fingerprint density at radius 3 is 2.43 bits per heavy atom. The van der Waals surface area contributed by atoms with Crippen LogP contribution in [-0.4, -0.2) is 12.2 Å². The van der Waals surface area contributed by atoms with Gasteiger partial charge in [-0.2, -0.15) is 0 Å². The molecule has 0 radical (unpaired) electrons. The zero-order valence-corrected chi connectivity index (χ0v) is 13.8. The first-order valence-electron chi connectivity index (χ1n) is 7.92. The summed E-state index contributed by atoms with van der Waals surface area (Å²) in [6.07, 6.45) is 7.13. The molecule has 0 aromatic heterocycles. The average Bonchev–Trinajstić information content (AvgIpc) is 2.45. The quantitative estimate of drug-likeness (QED) is 0.667. The van der Waals surface area contributed by atoms with E-state index in [9.17, 15) is 0 Å². The molecule has 1 saturated heterocycles. The van der Waals surface area contributed by atoms with Crippen LogP contribution in [0, 0.1) is 11.3 Å². The van der Waals surface area contributed by atoms with Crippen molar-refractivity contribution in [2.45, 2.75) is 52.7 Å². The van der Waals surface area contributed by atoms with E-state index in [1.807, 2.05) is 6.07 Å². The van der Waals surface area contributed by atoms with Gasteiger partial charge in [0, 0.05) is 5.92 Å². The van der Waals surface area contributed by atoms with Crippen LogP contribution in [-0.2, 0) is 4.74 Å². The maximum Gasteiger partial charge on any atom is 0.0828 e. The number of rotatable bonds is 3. The molecule has 21 heavy (non-hydrogen) atoms. The molecule has 1 nitrogen and oxygen atoms in total. The first-order valence-corrected chi connectivity index (χ1v) is 7.92. The molecule has 1 heteroatoms. The molecule has 0 N–H and O–H groups in total. The minimum Gasteiger partial charge on any atom is -0.370 e. The summed E-state index contributed by atoms with van der Waals surface area (Å²) in [4.78, 5) is 0. The fraction of sp³-hybridized carbons (Fsp3) is 0.500. The van der Waals surface area contributed by atoms with Crippen LogP contribution in [0.2, 0.25) is 0 Å². The second-order valence-corrected chi connectivity index (χ2v) is 7.26. The highest BCUT2D eigenvalue weighted by Gasteiger charge is 2.35. The minimum absolute atomic E-state index is 0.140. The first kappa shape index (κ1) is 16.0. The van der Waals surface area contributed by atoms with Crippen molar-refractivity contribution in [1.29, 1.82) is 0 Å². The van der Waals surface area contributed by atoms with Crippen molar-refractivity contribution in [3.05, 3.63) is 54.1 Å². The molecule has 1 aromatic rings. The van der Waals surface area contributed by atoms with Gasteiger partial charge in [-0.25, -0.2) is 0 Å². The summed E-state index contributed by atoms with van der Waals surface area (Å²) in [6.45, 7) is 13.1. The molecule has 0 aliphatic carbocycles. The van der Waals surface area contributed by atoms with E-state index in [0.717, 1.165) is 6.42 Å². The molecule has 3 atom stereocenters. The van der Waals surface area contributed by atoms with Crippen LogP contribution in [0.3, 0.4) is 0 Å². The van der Waals surface area contributed by atoms with Gasteiger partial charge in [-0.15, -0.1) is 0 Å². The van der Waals surface area contributed by atoms with E-state index in [-0.39, 0.29) is 11.5 Å². The summed E-state index contributed by atoms with van der Waals surface area (Å²) in [7, 11) is 0. The molecule has 1 aromatic carbocycles. The van der Waals surface area contributed by atoms with E-state index >= 15 is 0 Å². The zero-order chi connectivity index (χ0) is 15.5. The van der Waals surface area contributed by atoms with Gasteiger partial charge in [0.15, 0.2) is 0 Å². The lowest BCUT2D eigenvalue weighted by Gasteiger charge is -2.41. The third kappa shape index (κ3) is 4.31. The molecular weight excluding hydrogens is 256 g/mol. The third-order valence-corrected chi connectivity index (χ3v) is 4.33. The lowest BCUT2D eigenvalue weighted by Crippen LogP contribution is -2.40. The highest BCUT2D eigenvalue weighted by Crippen LogP contribution is 2.37. The van der Waals surface area contributed by atoms with Crippen LogP contribution >= 0.6 is 0 Å². The Kier molecular flexibility index (Phi) is 5.05. The number of benzene rings is 1. The van der Waals surface area contributed by atoms with Gasteiger partial charge < -0.3 is 4.74 Å². The second-order valence-electron chi connectivity index (χ2n) is 7.26. The van der Waals surface area contributed by atoms with Crippen molar-refractivity contribution < 1.29 is 4.74 Å². The predicted octanol–water partition coefficient (Wildman–Crippen LogP) is 5.49. The summed E-state index contributed by atoms with van der Waals surface area (Å²) >= 11 is 0. The summed E-state index contributed by atoms with van der Waals surface area (Å²) in [6, 6.07) is 10.4. The molecule has 1 fully saturated rings. The lowest BCUT2D eigenvalue weighted by molar-refractivity contribution is -0.0970. The van der Waals surface area contributed by atoms with Gasteiger partial charge in [0.1, 0.15) is 0 Å². The lowest BCUT2D eigenvalue weighted by atomic mass is 9.79. The van der Waals surface area contributed by atoms with Crippen LogP contribution in [0.1, 0.15) is 46.1 Å². The molecule has 1 heterocycles. The molecule has 0 saturated carbocycles. The number of ether oxygens (including phenoxy) is 1. The summed E-state index contributed by atoms with van der Waals surface area (Å²) in [5.41, 5.74) is 2.64. The highest BCUT2D eigenvalue weighted by atomic mass is 16.5. The smallest absolute Gasteiger partial charge is 0.0828 e. The van der Waals surface area contributed by atoms with E-state index in [2.05, 4.69) is 70.7 Å². The molecule has 1 aliphatic rings. The zero-order valence-electron chi connectivity index (χ0n) is 13.8. The Morgan fingerprint density at radius 1 is 1.19 bits per heavy atom. The third-order valence-electron chi connectivity index (χ3n) is 4.33. The fourth-order valence-electron chi connectivity index (χ4n) is 2.96. The second kappa shape index (κ2) is 6.62. The Hall–Kier alpha value is -1.34. The standard InChI is InChI=1S/C20H28O/c1-15(2)17-12-14-19(20(3,4)5)21-18(17)13-11-16-9-7-6-8-10-16/h6-11,13,17-19H,1,12,14H2,2-5H3/b13-11+/t17-,18-,19-/m1/s1. The van der Waals surface area contributed by atoms with Gasteiger partial charge >= 0.3 is 0 Å². The topological polar surface area (TPSA) is 9.23 Å². The maximum atomic E-state index is 6.40. The van der Waals surface area contributed by atoms with Crippen molar-refractivity contribution in [2.75, 3.05) is 0 Å². The summed E-state index contributed by atoms with van der Waals surface area (Å²) in [5, 5.41) is 0. The molecule has 0 bridgehead atoms. The Labute approximate surface area is 129 Å². The van der Waals surface area contributed by atoms with Gasteiger partial charge in [-0.3, -0.25) is 0 Å². The van der Waals surface area contributed by atoms with Gasteiger partial charge in [-0.1, -0.05) is 75.4 Å². The Bertz CT molecular complexity index is 492. The molecule has 0 amide bonds. The predicted molar refractivity (Wildman–Crippen MR) is 91.1 cm³/mol. The number of hydrogen-bond donors (Lipinski definition) is 0. The van der Waals surface area contributed by atoms with Crippen molar-refractivity contribution in [3.8, 4) is 0 Å². The normalized spacial score (nSPS) is 27.0. The molecule has 1 aliphatic heterocycles. The summed E-state index contributed by atoms with van der Waals surface area (Å²) < 4.78 is 6.40. The van der Waals surface area contributed by atoms with Crippen LogP contribution < -0.4 is 0 Å². The monoisotopic (exact) mass is 284 g/mol. The molecule has 0 spiro atoms. The first-order chi connectivity index (χ1) is 9.88. The van der Waals surface area contributed by atoms with E-state index in [4.69, 9.17) is 4.74 Å². The van der Waals surface area contributed by atoms with Crippen molar-refractivity contribution in [1.82, 2.24) is 0 Å². The van der Waals surface area contributed by atoms with E-state index in [0.29, 0.717) is 12.0 Å².